The van der Waals surface area contributed by atoms with E-state index in [2.05, 4.69) is 0 Å². The number of likely N-dealkylation sites (tertiary alicyclic amines) is 1. The van der Waals surface area contributed by atoms with Gasteiger partial charge in [-0.2, -0.15) is 0 Å². The molecule has 0 bridgehead atoms. The van der Waals surface area contributed by atoms with E-state index in [1.165, 1.54) is 11.0 Å². The van der Waals surface area contributed by atoms with Crippen molar-refractivity contribution in [3.63, 3.8) is 0 Å². The van der Waals surface area contributed by atoms with Crippen LogP contribution in [0.1, 0.15) is 27.9 Å². The van der Waals surface area contributed by atoms with Crippen LogP contribution < -0.4 is 0 Å². The highest BCUT2D eigenvalue weighted by Crippen LogP contribution is 2.29. The summed E-state index contributed by atoms with van der Waals surface area (Å²) >= 11 is 0. The summed E-state index contributed by atoms with van der Waals surface area (Å²) in [7, 11) is -2.33. The Kier molecular flexibility index (Phi) is 3.79. The third kappa shape index (κ3) is 2.53. The van der Waals surface area contributed by atoms with E-state index in [1.54, 1.807) is 20.9 Å². The summed E-state index contributed by atoms with van der Waals surface area (Å²) in [5.41, 5.74) is 0.977. The number of aromatic carboxylic acids is 1. The van der Waals surface area contributed by atoms with Gasteiger partial charge in [-0.3, -0.25) is 4.79 Å². The van der Waals surface area contributed by atoms with Crippen LogP contribution in [-0.4, -0.2) is 49.1 Å². The number of carbonyl (C=O) groups excluding carboxylic acids is 1. The molecule has 1 saturated heterocycles. The predicted molar refractivity (Wildman–Crippen MR) is 76.1 cm³/mol. The summed E-state index contributed by atoms with van der Waals surface area (Å²) in [6.45, 7) is 3.67. The molecule has 1 fully saturated rings. The molecule has 1 N–H and O–H groups in total. The van der Waals surface area contributed by atoms with Gasteiger partial charge in [0, 0.05) is 13.6 Å². The van der Waals surface area contributed by atoms with Crippen LogP contribution in [0.25, 0.3) is 0 Å². The predicted octanol–water partition coefficient (Wildman–Crippen LogP) is 1.01. The summed E-state index contributed by atoms with van der Waals surface area (Å²) in [6.07, 6.45) is 0.230. The van der Waals surface area contributed by atoms with Gasteiger partial charge < -0.3 is 10.0 Å². The lowest BCUT2D eigenvalue weighted by Gasteiger charge is -2.15. The summed E-state index contributed by atoms with van der Waals surface area (Å²) < 4.78 is 25.4. The summed E-state index contributed by atoms with van der Waals surface area (Å²) in [5, 5.41) is 7.96. The maximum absolute atomic E-state index is 12.7. The Hall–Kier alpha value is -1.89. The molecule has 1 aromatic rings. The van der Waals surface area contributed by atoms with Crippen molar-refractivity contribution in [3.05, 3.63) is 28.8 Å². The first-order valence-corrected chi connectivity index (χ1v) is 8.04. The van der Waals surface area contributed by atoms with Gasteiger partial charge in [-0.05, 0) is 43.5 Å². The molecule has 6 nitrogen and oxygen atoms in total. The van der Waals surface area contributed by atoms with Crippen molar-refractivity contribution in [3.8, 4) is 0 Å². The molecule has 1 unspecified atom stereocenters. The maximum Gasteiger partial charge on any atom is 0.335 e. The molecule has 1 aliphatic heterocycles. The van der Waals surface area contributed by atoms with Gasteiger partial charge >= 0.3 is 5.97 Å². The normalized spacial score (nSPS) is 19.1. The Morgan fingerprint density at radius 1 is 1.33 bits per heavy atom. The molecule has 0 saturated carbocycles. The molecule has 21 heavy (non-hydrogen) atoms. The molecule has 0 spiro atoms. The molecule has 1 amide bonds. The Balaban J connectivity index is 2.60. The molecule has 0 aliphatic carbocycles. The second kappa shape index (κ2) is 5.14. The topological polar surface area (TPSA) is 91.8 Å². The van der Waals surface area contributed by atoms with Gasteiger partial charge in [0.15, 0.2) is 9.84 Å². The number of rotatable bonds is 3. The Morgan fingerprint density at radius 2 is 1.95 bits per heavy atom. The molecule has 1 aliphatic rings. The van der Waals surface area contributed by atoms with Crippen LogP contribution in [0, 0.1) is 13.8 Å². The molecule has 0 radical (unpaired) electrons. The average molecular weight is 311 g/mol. The van der Waals surface area contributed by atoms with Gasteiger partial charge in [-0.1, -0.05) is 0 Å². The van der Waals surface area contributed by atoms with E-state index in [-0.39, 0.29) is 16.9 Å². The molecule has 7 heteroatoms. The summed E-state index contributed by atoms with van der Waals surface area (Å²) in [5.74, 6) is -1.63. The highest BCUT2D eigenvalue weighted by molar-refractivity contribution is 7.92. The van der Waals surface area contributed by atoms with Gasteiger partial charge in [-0.15, -0.1) is 0 Å². The Morgan fingerprint density at radius 3 is 2.43 bits per heavy atom. The smallest absolute Gasteiger partial charge is 0.335 e. The van der Waals surface area contributed by atoms with Crippen molar-refractivity contribution in [2.45, 2.75) is 30.4 Å². The van der Waals surface area contributed by atoms with Crippen LogP contribution in [0.3, 0.4) is 0 Å². The zero-order valence-electron chi connectivity index (χ0n) is 12.1. The van der Waals surface area contributed by atoms with Crippen LogP contribution in [0.2, 0.25) is 0 Å². The van der Waals surface area contributed by atoms with E-state index in [1.807, 2.05) is 0 Å². The molecule has 114 valence electrons. The fourth-order valence-electron chi connectivity index (χ4n) is 2.48. The minimum absolute atomic E-state index is 0.0615. The number of aryl methyl sites for hydroxylation is 1. The first-order chi connectivity index (χ1) is 9.66. The van der Waals surface area contributed by atoms with E-state index in [0.717, 1.165) is 6.07 Å². The number of nitrogens with zero attached hydrogens (tertiary/aromatic N) is 1. The van der Waals surface area contributed by atoms with E-state index in [4.69, 9.17) is 5.11 Å². The molecule has 1 heterocycles. The lowest BCUT2D eigenvalue weighted by atomic mass is 10.1. The fraction of sp³-hybridized carbons (Fsp3) is 0.429. The number of amides is 1. The largest absolute Gasteiger partial charge is 0.478 e. The van der Waals surface area contributed by atoms with E-state index < -0.39 is 27.0 Å². The monoisotopic (exact) mass is 311 g/mol. The van der Waals surface area contributed by atoms with Gasteiger partial charge in [0.25, 0.3) is 0 Å². The van der Waals surface area contributed by atoms with E-state index in [9.17, 15) is 18.0 Å². The van der Waals surface area contributed by atoms with Crippen molar-refractivity contribution in [2.24, 2.45) is 0 Å². The molecular weight excluding hydrogens is 294 g/mol. The standard InChI is InChI=1S/C14H17NO5S/c1-8-6-10(14(17)18)7-12(9(8)2)21(19,20)11-4-5-15(3)13(11)16/h6-7,11H,4-5H2,1-3H3,(H,17,18). The van der Waals surface area contributed by atoms with Crippen LogP contribution in [0.5, 0.6) is 0 Å². The third-order valence-corrected chi connectivity index (χ3v) is 6.15. The lowest BCUT2D eigenvalue weighted by molar-refractivity contribution is -0.126. The van der Waals surface area contributed by atoms with Crippen molar-refractivity contribution < 1.29 is 23.1 Å². The molecular formula is C14H17NO5S. The minimum Gasteiger partial charge on any atom is -0.478 e. The van der Waals surface area contributed by atoms with E-state index in [0.29, 0.717) is 17.7 Å². The lowest BCUT2D eigenvalue weighted by Crippen LogP contribution is -2.32. The van der Waals surface area contributed by atoms with E-state index >= 15 is 0 Å². The minimum atomic E-state index is -3.88. The molecule has 2 rings (SSSR count). The third-order valence-electron chi connectivity index (χ3n) is 3.93. The number of carboxylic acids is 1. The SMILES string of the molecule is Cc1cc(C(=O)O)cc(S(=O)(=O)C2CCN(C)C2=O)c1C. The summed E-state index contributed by atoms with van der Waals surface area (Å²) in [6, 6.07) is 2.57. The van der Waals surface area contributed by atoms with Crippen molar-refractivity contribution in [2.75, 3.05) is 13.6 Å². The van der Waals surface area contributed by atoms with Crippen molar-refractivity contribution >= 4 is 21.7 Å². The van der Waals surface area contributed by atoms with Gasteiger partial charge in [0.1, 0.15) is 5.25 Å². The number of sulfone groups is 1. The Labute approximate surface area is 123 Å². The maximum atomic E-state index is 12.7. The van der Waals surface area contributed by atoms with Crippen LogP contribution >= 0.6 is 0 Å². The van der Waals surface area contributed by atoms with Gasteiger partial charge in [-0.25, -0.2) is 13.2 Å². The van der Waals surface area contributed by atoms with Crippen molar-refractivity contribution in [1.82, 2.24) is 4.90 Å². The zero-order chi connectivity index (χ0) is 15.9. The molecule has 0 aromatic heterocycles. The fourth-order valence-corrected chi connectivity index (χ4v) is 4.52. The second-order valence-corrected chi connectivity index (χ2v) is 7.40. The first-order valence-electron chi connectivity index (χ1n) is 6.49. The van der Waals surface area contributed by atoms with Crippen LogP contribution in [0.15, 0.2) is 17.0 Å². The quantitative estimate of drug-likeness (QED) is 0.899. The highest BCUT2D eigenvalue weighted by atomic mass is 32.2. The second-order valence-electron chi connectivity index (χ2n) is 5.30. The molecule has 1 atom stereocenters. The number of carbonyl (C=O) groups is 2. The Bertz CT molecular complexity index is 723. The number of carboxylic acid groups (broad SMARTS) is 1. The van der Waals surface area contributed by atoms with Crippen LogP contribution in [-0.2, 0) is 14.6 Å². The van der Waals surface area contributed by atoms with Crippen LogP contribution in [0.4, 0.5) is 0 Å². The number of hydrogen-bond acceptors (Lipinski definition) is 4. The van der Waals surface area contributed by atoms with Gasteiger partial charge in [0.2, 0.25) is 5.91 Å². The zero-order valence-corrected chi connectivity index (χ0v) is 12.9. The summed E-state index contributed by atoms with van der Waals surface area (Å²) in [4.78, 5) is 24.4. The number of benzene rings is 1. The number of hydrogen-bond donors (Lipinski definition) is 1. The van der Waals surface area contributed by atoms with Gasteiger partial charge in [0.05, 0.1) is 10.5 Å². The van der Waals surface area contributed by atoms with Crippen molar-refractivity contribution in [1.29, 1.82) is 0 Å². The average Bonchev–Trinajstić information content (AvgIpc) is 2.73. The molecule has 1 aromatic carbocycles. The highest BCUT2D eigenvalue weighted by Gasteiger charge is 2.41. The first kappa shape index (κ1) is 15.5.